The predicted octanol–water partition coefficient (Wildman–Crippen LogP) is 2.67. The summed E-state index contributed by atoms with van der Waals surface area (Å²) < 4.78 is 0. The number of benzene rings is 1. The molecule has 0 bridgehead atoms. The van der Waals surface area contributed by atoms with Gasteiger partial charge >= 0.3 is 38.5 Å². The molecule has 0 unspecified atom stereocenters. The van der Waals surface area contributed by atoms with Crippen LogP contribution in [0.25, 0.3) is 5.73 Å². The van der Waals surface area contributed by atoms with Gasteiger partial charge in [0.2, 0.25) is 0 Å². The minimum Gasteiger partial charge on any atom is -1.00 e. The van der Waals surface area contributed by atoms with Crippen LogP contribution >= 0.6 is 0 Å². The normalized spacial score (nSPS) is 8.77. The number of nitrogens with one attached hydrogen (secondary N) is 1. The van der Waals surface area contributed by atoms with Gasteiger partial charge in [-0.2, -0.15) is 28.3 Å². The summed E-state index contributed by atoms with van der Waals surface area (Å²) in [7, 11) is 0. The molecule has 2 aromatic carbocycles. The third-order valence-electron chi connectivity index (χ3n) is 3.23. The molecule has 0 saturated heterocycles. The number of halogens is 1. The van der Waals surface area contributed by atoms with Crippen molar-refractivity contribution in [3.05, 3.63) is 69.9 Å². The van der Waals surface area contributed by atoms with E-state index in [9.17, 15) is 0 Å². The van der Waals surface area contributed by atoms with Gasteiger partial charge in [0.15, 0.2) is 0 Å². The first kappa shape index (κ1) is 24.0. The van der Waals surface area contributed by atoms with Gasteiger partial charge in [-0.25, -0.2) is 0 Å². The van der Waals surface area contributed by atoms with Gasteiger partial charge < -0.3 is 18.1 Å². The summed E-state index contributed by atoms with van der Waals surface area (Å²) in [6.45, 7) is 13.6. The minimum atomic E-state index is 0. The summed E-state index contributed by atoms with van der Waals surface area (Å²) in [6, 6.07) is 12.0. The van der Waals surface area contributed by atoms with Crippen molar-refractivity contribution >= 4 is 6.19 Å². The molecule has 0 aliphatic rings. The molecule has 0 saturated carbocycles. The molecule has 2 aromatic rings. The molecular formula is C18H27ClNSiTi-2. The minimum absolute atomic E-state index is 0. The molecule has 0 aromatic heterocycles. The van der Waals surface area contributed by atoms with E-state index in [0.29, 0.717) is 6.54 Å². The van der Waals surface area contributed by atoms with E-state index in [2.05, 4.69) is 66.0 Å². The maximum Gasteiger partial charge on any atom is -0.0608 e. The fourth-order valence-electron chi connectivity index (χ4n) is 1.73. The second kappa shape index (κ2) is 13.2. The standard InChI is InChI=1S/C9H13.C7H8N.C2H6Si.ClH.Ti/c1-6-5-7(2)9(4)8(6)3;8-6-7-4-2-1-3-5-7;1-3-2;;/h5H,1-4H3;1-5,8H,6H2;1-2H3;1H;/q2*-1;;;+1/p-1. The van der Waals surface area contributed by atoms with Crippen molar-refractivity contribution in [1.29, 1.82) is 0 Å². The van der Waals surface area contributed by atoms with Gasteiger partial charge in [-0.3, -0.25) is 0 Å². The van der Waals surface area contributed by atoms with Crippen molar-refractivity contribution in [2.45, 2.75) is 47.3 Å². The van der Waals surface area contributed by atoms with E-state index in [0.717, 1.165) is 5.56 Å². The molecule has 121 valence electrons. The van der Waals surface area contributed by atoms with Crippen LogP contribution in [0.5, 0.6) is 0 Å². The number of hydrogen-bond donors (Lipinski definition) is 0. The monoisotopic (exact) mass is 368 g/mol. The fourth-order valence-corrected chi connectivity index (χ4v) is 1.73. The molecule has 0 heterocycles. The van der Waals surface area contributed by atoms with Crippen LogP contribution in [0, 0.1) is 27.7 Å². The van der Waals surface area contributed by atoms with Gasteiger partial charge in [0.25, 0.3) is 0 Å². The van der Waals surface area contributed by atoms with E-state index in [4.69, 9.17) is 5.73 Å². The summed E-state index contributed by atoms with van der Waals surface area (Å²) in [5.74, 6) is 0. The number of hydrogen-bond acceptors (Lipinski definition) is 0. The molecular weight excluding hydrogens is 342 g/mol. The summed E-state index contributed by atoms with van der Waals surface area (Å²) in [5.41, 5.74) is 13.8. The van der Waals surface area contributed by atoms with Crippen LogP contribution in [-0.4, -0.2) is 6.19 Å². The third-order valence-corrected chi connectivity index (χ3v) is 3.23. The molecule has 0 atom stereocenters. The van der Waals surface area contributed by atoms with E-state index in [1.807, 2.05) is 30.3 Å². The van der Waals surface area contributed by atoms with Crippen molar-refractivity contribution in [2.24, 2.45) is 0 Å². The molecule has 0 aliphatic heterocycles. The zero-order chi connectivity index (χ0) is 16.4. The molecule has 0 amide bonds. The Morgan fingerprint density at radius 2 is 1.55 bits per heavy atom. The second-order valence-corrected chi connectivity index (χ2v) is 12.1. The molecule has 0 aliphatic carbocycles. The first-order valence-electron chi connectivity index (χ1n) is 7.20. The second-order valence-electron chi connectivity index (χ2n) is 5.42. The van der Waals surface area contributed by atoms with E-state index in [1.54, 1.807) is 0 Å². The van der Waals surface area contributed by atoms with Gasteiger partial charge in [0.05, 0.1) is 0 Å². The Labute approximate surface area is 154 Å². The Morgan fingerprint density at radius 1 is 1.09 bits per heavy atom. The molecule has 0 spiro atoms. The van der Waals surface area contributed by atoms with Crippen molar-refractivity contribution < 1.29 is 31.6 Å². The van der Waals surface area contributed by atoms with Crippen LogP contribution in [0.15, 0.2) is 36.4 Å². The van der Waals surface area contributed by atoms with Crippen molar-refractivity contribution in [3.8, 4) is 0 Å². The third kappa shape index (κ3) is 10.5. The molecule has 0 radical (unpaired) electrons. The smallest absolute Gasteiger partial charge is 0.0608 e. The van der Waals surface area contributed by atoms with Gasteiger partial charge in [-0.05, 0) is 0 Å². The van der Waals surface area contributed by atoms with Crippen LogP contribution < -0.4 is 12.4 Å². The zero-order valence-corrected chi connectivity index (χ0v) is 17.9. The molecule has 1 nitrogen and oxygen atoms in total. The first-order chi connectivity index (χ1) is 9.79. The summed E-state index contributed by atoms with van der Waals surface area (Å²) in [4.78, 5) is 0. The van der Waals surface area contributed by atoms with Crippen LogP contribution in [-0.2, 0) is 25.7 Å². The van der Waals surface area contributed by atoms with Crippen molar-refractivity contribution in [2.75, 3.05) is 0 Å². The number of rotatable bonds is 1. The average Bonchev–Trinajstić information content (AvgIpc) is 2.66. The Kier molecular flexibility index (Phi) is 14.4. The van der Waals surface area contributed by atoms with Gasteiger partial charge in [-0.1, -0.05) is 63.6 Å². The van der Waals surface area contributed by atoms with Gasteiger partial charge in [0.1, 0.15) is 0 Å². The topological polar surface area (TPSA) is 23.8 Å². The SMILES string of the molecule is C[Si](C)=[Ti+].Cc1c[c-](C)c(C)c1C.[Cl-].[NH-]Cc1ccccc1. The quantitative estimate of drug-likeness (QED) is 0.546. The van der Waals surface area contributed by atoms with E-state index >= 15 is 0 Å². The zero-order valence-electron chi connectivity index (χ0n) is 14.5. The predicted molar refractivity (Wildman–Crippen MR) is 92.9 cm³/mol. The Morgan fingerprint density at radius 3 is 1.73 bits per heavy atom. The Balaban J connectivity index is 0. The summed E-state index contributed by atoms with van der Waals surface area (Å²) in [5, 5.41) is 0. The summed E-state index contributed by atoms with van der Waals surface area (Å²) in [6.07, 6.45) is 0.120. The van der Waals surface area contributed by atoms with Crippen molar-refractivity contribution in [3.63, 3.8) is 0 Å². The first-order valence-corrected chi connectivity index (χ1v) is 12.0. The fraction of sp³-hybridized carbons (Fsp3) is 0.389. The Bertz CT molecular complexity index is 523. The molecule has 4 heteroatoms. The van der Waals surface area contributed by atoms with E-state index in [-0.39, 0.29) is 18.6 Å². The Hall–Kier alpha value is -0.249. The maximum absolute atomic E-state index is 6.94. The van der Waals surface area contributed by atoms with Gasteiger partial charge in [0, 0.05) is 0 Å². The average molecular weight is 369 g/mol. The molecule has 0 fully saturated rings. The van der Waals surface area contributed by atoms with Crippen LogP contribution in [0.1, 0.15) is 27.8 Å². The molecule has 1 N–H and O–H groups in total. The largest absolute Gasteiger partial charge is 1.00 e. The maximum atomic E-state index is 6.94. The van der Waals surface area contributed by atoms with Crippen molar-refractivity contribution in [1.82, 2.24) is 0 Å². The van der Waals surface area contributed by atoms with E-state index in [1.165, 1.54) is 22.3 Å². The summed E-state index contributed by atoms with van der Waals surface area (Å²) >= 11 is 2.27. The molecule has 22 heavy (non-hydrogen) atoms. The van der Waals surface area contributed by atoms with E-state index < -0.39 is 0 Å². The van der Waals surface area contributed by atoms with Crippen LogP contribution in [0.2, 0.25) is 13.1 Å². The van der Waals surface area contributed by atoms with Crippen LogP contribution in [0.4, 0.5) is 0 Å². The molecule has 2 rings (SSSR count). The van der Waals surface area contributed by atoms with Crippen LogP contribution in [0.3, 0.4) is 0 Å². The number of aryl methyl sites for hydroxylation is 2. The van der Waals surface area contributed by atoms with Gasteiger partial charge in [-0.15, -0.1) is 6.54 Å².